The number of sulfonamides is 1. The van der Waals surface area contributed by atoms with Crippen LogP contribution in [0, 0.1) is 0 Å². The summed E-state index contributed by atoms with van der Waals surface area (Å²) < 4.78 is 56.7. The number of sulfone groups is 1. The second kappa shape index (κ2) is 7.22. The first kappa shape index (κ1) is 20.2. The highest BCUT2D eigenvalue weighted by Crippen LogP contribution is 2.27. The molecule has 0 bridgehead atoms. The van der Waals surface area contributed by atoms with Crippen LogP contribution in [0.3, 0.4) is 0 Å². The van der Waals surface area contributed by atoms with Gasteiger partial charge in [-0.3, -0.25) is 4.90 Å². The summed E-state index contributed by atoms with van der Waals surface area (Å²) in [4.78, 5) is 2.02. The standard InChI is InChI=1S/C16H26N2O5S2/c1-16(2,18-9-5-6-10-18)12-17-25(21,22)15-11-13(24(4,19)20)7-8-14(15)23-3/h7-8,11,17H,5-6,9-10,12H2,1-4H3. The van der Waals surface area contributed by atoms with Gasteiger partial charge in [-0.15, -0.1) is 0 Å². The minimum absolute atomic E-state index is 0.0625. The van der Waals surface area contributed by atoms with Crippen molar-refractivity contribution in [1.29, 1.82) is 0 Å². The number of ether oxygens (including phenoxy) is 1. The number of benzene rings is 1. The lowest BCUT2D eigenvalue weighted by Crippen LogP contribution is -2.50. The zero-order valence-corrected chi connectivity index (χ0v) is 16.7. The first-order valence-corrected chi connectivity index (χ1v) is 11.5. The molecule has 0 radical (unpaired) electrons. The Morgan fingerprint density at radius 3 is 2.28 bits per heavy atom. The van der Waals surface area contributed by atoms with Crippen LogP contribution in [0.2, 0.25) is 0 Å². The quantitative estimate of drug-likeness (QED) is 0.753. The van der Waals surface area contributed by atoms with Crippen LogP contribution in [-0.2, 0) is 19.9 Å². The molecular formula is C16H26N2O5S2. The van der Waals surface area contributed by atoms with Crippen LogP contribution in [0.25, 0.3) is 0 Å². The van der Waals surface area contributed by atoms with Gasteiger partial charge in [0.1, 0.15) is 10.6 Å². The summed E-state index contributed by atoms with van der Waals surface area (Å²) in [6, 6.07) is 3.83. The van der Waals surface area contributed by atoms with E-state index in [1.54, 1.807) is 0 Å². The highest BCUT2D eigenvalue weighted by atomic mass is 32.2. The Bertz CT molecular complexity index is 826. The van der Waals surface area contributed by atoms with E-state index in [1.165, 1.54) is 19.2 Å². The molecule has 9 heteroatoms. The fourth-order valence-electron chi connectivity index (χ4n) is 2.88. The van der Waals surface area contributed by atoms with E-state index in [1.807, 2.05) is 13.8 Å². The normalized spacial score (nSPS) is 17.0. The number of likely N-dealkylation sites (tertiary alicyclic amines) is 1. The summed E-state index contributed by atoms with van der Waals surface area (Å²) in [5.41, 5.74) is -0.328. The minimum Gasteiger partial charge on any atom is -0.495 e. The maximum atomic E-state index is 12.7. The number of nitrogens with one attached hydrogen (secondary N) is 1. The first-order chi connectivity index (χ1) is 11.5. The molecule has 0 amide bonds. The van der Waals surface area contributed by atoms with Crippen LogP contribution in [-0.4, -0.2) is 60.3 Å². The molecule has 0 atom stereocenters. The third-order valence-electron chi connectivity index (χ3n) is 4.51. The summed E-state index contributed by atoms with van der Waals surface area (Å²) in [5, 5.41) is 0. The van der Waals surface area contributed by atoms with Gasteiger partial charge in [-0.25, -0.2) is 21.6 Å². The van der Waals surface area contributed by atoms with Crippen molar-refractivity contribution in [3.63, 3.8) is 0 Å². The molecule has 0 spiro atoms. The largest absolute Gasteiger partial charge is 0.495 e. The van der Waals surface area contributed by atoms with Gasteiger partial charge in [0.25, 0.3) is 0 Å². The molecule has 1 fully saturated rings. The second-order valence-electron chi connectivity index (χ2n) is 6.92. The molecule has 142 valence electrons. The Labute approximate surface area is 150 Å². The molecule has 0 aromatic heterocycles. The summed E-state index contributed by atoms with van der Waals surface area (Å²) in [5.74, 6) is 0.110. The predicted octanol–water partition coefficient (Wildman–Crippen LogP) is 1.25. The molecule has 1 aromatic rings. The van der Waals surface area contributed by atoms with Gasteiger partial charge in [0.05, 0.1) is 12.0 Å². The monoisotopic (exact) mass is 390 g/mol. The highest BCUT2D eigenvalue weighted by molar-refractivity contribution is 7.91. The summed E-state index contributed by atoms with van der Waals surface area (Å²) in [6.07, 6.45) is 3.26. The number of rotatable bonds is 7. The third-order valence-corrected chi connectivity index (χ3v) is 7.04. The van der Waals surface area contributed by atoms with Crippen LogP contribution in [0.1, 0.15) is 26.7 Å². The van der Waals surface area contributed by atoms with E-state index in [4.69, 9.17) is 4.74 Å². The van der Waals surface area contributed by atoms with Gasteiger partial charge in [0.15, 0.2) is 9.84 Å². The molecule has 25 heavy (non-hydrogen) atoms. The van der Waals surface area contributed by atoms with E-state index in [0.29, 0.717) is 0 Å². The number of hydrogen-bond donors (Lipinski definition) is 1. The Kier molecular flexibility index (Phi) is 5.82. The molecule has 0 aliphatic carbocycles. The van der Waals surface area contributed by atoms with Crippen molar-refractivity contribution in [3.8, 4) is 5.75 Å². The topological polar surface area (TPSA) is 92.8 Å². The molecule has 1 N–H and O–H groups in total. The molecule has 1 aliphatic heterocycles. The van der Waals surface area contributed by atoms with Crippen LogP contribution in [0.15, 0.2) is 28.0 Å². The molecule has 1 aromatic carbocycles. The van der Waals surface area contributed by atoms with Gasteiger partial charge in [-0.1, -0.05) is 0 Å². The summed E-state index contributed by atoms with van der Waals surface area (Å²) >= 11 is 0. The molecule has 1 aliphatic rings. The minimum atomic E-state index is -3.91. The third kappa shape index (κ3) is 4.72. The van der Waals surface area contributed by atoms with Crippen molar-refractivity contribution >= 4 is 19.9 Å². The van der Waals surface area contributed by atoms with Gasteiger partial charge < -0.3 is 4.74 Å². The van der Waals surface area contributed by atoms with Gasteiger partial charge >= 0.3 is 0 Å². The van der Waals surface area contributed by atoms with E-state index in [-0.39, 0.29) is 27.6 Å². The maximum Gasteiger partial charge on any atom is 0.244 e. The Morgan fingerprint density at radius 2 is 1.76 bits per heavy atom. The smallest absolute Gasteiger partial charge is 0.244 e. The summed E-state index contributed by atoms with van der Waals surface area (Å²) in [6.45, 7) is 6.10. The Hall–Kier alpha value is -1.16. The van der Waals surface area contributed by atoms with Gasteiger partial charge in [0.2, 0.25) is 10.0 Å². The van der Waals surface area contributed by atoms with Crippen molar-refractivity contribution in [2.45, 2.75) is 42.0 Å². The van der Waals surface area contributed by atoms with E-state index >= 15 is 0 Å². The Morgan fingerprint density at radius 1 is 1.16 bits per heavy atom. The number of nitrogens with zero attached hydrogens (tertiary/aromatic N) is 1. The Balaban J connectivity index is 2.29. The lowest BCUT2D eigenvalue weighted by Gasteiger charge is -2.35. The molecule has 2 rings (SSSR count). The molecule has 1 heterocycles. The van der Waals surface area contributed by atoms with E-state index < -0.39 is 19.9 Å². The van der Waals surface area contributed by atoms with Gasteiger partial charge in [0, 0.05) is 18.3 Å². The average molecular weight is 391 g/mol. The van der Waals surface area contributed by atoms with Crippen molar-refractivity contribution < 1.29 is 21.6 Å². The highest BCUT2D eigenvalue weighted by Gasteiger charge is 2.31. The van der Waals surface area contributed by atoms with Crippen molar-refractivity contribution in [2.75, 3.05) is 33.0 Å². The number of methoxy groups -OCH3 is 1. The van der Waals surface area contributed by atoms with Crippen molar-refractivity contribution in [2.24, 2.45) is 0 Å². The molecule has 0 saturated carbocycles. The fraction of sp³-hybridized carbons (Fsp3) is 0.625. The summed E-state index contributed by atoms with van der Waals surface area (Å²) in [7, 11) is -6.09. The van der Waals surface area contributed by atoms with Crippen LogP contribution in [0.5, 0.6) is 5.75 Å². The second-order valence-corrected chi connectivity index (χ2v) is 10.7. The van der Waals surface area contributed by atoms with Crippen LogP contribution >= 0.6 is 0 Å². The maximum absolute atomic E-state index is 12.7. The van der Waals surface area contributed by atoms with E-state index in [2.05, 4.69) is 9.62 Å². The van der Waals surface area contributed by atoms with Crippen molar-refractivity contribution in [1.82, 2.24) is 9.62 Å². The zero-order chi connectivity index (χ0) is 18.9. The lowest BCUT2D eigenvalue weighted by atomic mass is 10.0. The van der Waals surface area contributed by atoms with E-state index in [0.717, 1.165) is 38.3 Å². The number of hydrogen-bond acceptors (Lipinski definition) is 6. The molecule has 1 saturated heterocycles. The van der Waals surface area contributed by atoms with Gasteiger partial charge in [-0.2, -0.15) is 0 Å². The van der Waals surface area contributed by atoms with Gasteiger partial charge in [-0.05, 0) is 58.0 Å². The SMILES string of the molecule is COc1ccc(S(C)(=O)=O)cc1S(=O)(=O)NCC(C)(C)N1CCCC1. The lowest BCUT2D eigenvalue weighted by molar-refractivity contribution is 0.158. The first-order valence-electron chi connectivity index (χ1n) is 8.10. The average Bonchev–Trinajstić information content (AvgIpc) is 3.07. The fourth-order valence-corrected chi connectivity index (χ4v) is 5.00. The molecular weight excluding hydrogens is 364 g/mol. The zero-order valence-electron chi connectivity index (χ0n) is 15.1. The van der Waals surface area contributed by atoms with Crippen LogP contribution in [0.4, 0.5) is 0 Å². The van der Waals surface area contributed by atoms with E-state index in [9.17, 15) is 16.8 Å². The van der Waals surface area contributed by atoms with Crippen molar-refractivity contribution in [3.05, 3.63) is 18.2 Å². The molecule has 7 nitrogen and oxygen atoms in total. The predicted molar refractivity (Wildman–Crippen MR) is 96.2 cm³/mol. The van der Waals surface area contributed by atoms with Crippen LogP contribution < -0.4 is 9.46 Å². The molecule has 0 unspecified atom stereocenters.